The van der Waals surface area contributed by atoms with E-state index in [1.807, 2.05) is 0 Å². The second-order valence-corrected chi connectivity index (χ2v) is 5.98. The van der Waals surface area contributed by atoms with Crippen molar-refractivity contribution in [1.29, 1.82) is 0 Å². The van der Waals surface area contributed by atoms with Crippen LogP contribution in [0.1, 0.15) is 52.9 Å². The van der Waals surface area contributed by atoms with Crippen LogP contribution in [0.2, 0.25) is 0 Å². The fourth-order valence-corrected chi connectivity index (χ4v) is 2.15. The number of hydrogen-bond acceptors (Lipinski definition) is 3. The topological polar surface area (TPSA) is 43.7 Å². The van der Waals surface area contributed by atoms with Crippen molar-refractivity contribution >= 4 is 0 Å². The lowest BCUT2D eigenvalue weighted by molar-refractivity contribution is -0.137. The Morgan fingerprint density at radius 2 is 1.40 bits per heavy atom. The Morgan fingerprint density at radius 3 is 1.67 bits per heavy atom. The minimum atomic E-state index is -0.500. The first-order chi connectivity index (χ1) is 6.81. The molecule has 0 amide bonds. The number of nitrogens with zero attached hydrogens (tertiary/aromatic N) is 1. The van der Waals surface area contributed by atoms with E-state index in [0.29, 0.717) is 5.41 Å². The predicted molar refractivity (Wildman–Crippen MR) is 60.8 cm³/mol. The smallest absolute Gasteiger partial charge is 0.0563 e. The Morgan fingerprint density at radius 1 is 1.00 bits per heavy atom. The molecule has 1 saturated carbocycles. The Labute approximate surface area is 93.1 Å². The molecule has 1 aliphatic carbocycles. The third-order valence-electron chi connectivity index (χ3n) is 3.21. The molecule has 0 aromatic carbocycles. The molecular weight excluding hydrogens is 190 g/mol. The van der Waals surface area contributed by atoms with Crippen molar-refractivity contribution in [2.24, 2.45) is 5.41 Å². The number of aliphatic hydroxyl groups is 1. The lowest BCUT2D eigenvalue weighted by Crippen LogP contribution is -2.42. The van der Waals surface area contributed by atoms with E-state index in [-0.39, 0.29) is 0 Å². The quantitative estimate of drug-likeness (QED) is 0.652. The van der Waals surface area contributed by atoms with Gasteiger partial charge in [-0.2, -0.15) is 5.06 Å². The molecule has 1 spiro atoms. The zero-order chi connectivity index (χ0) is 11.5. The molecule has 0 aromatic rings. The van der Waals surface area contributed by atoms with E-state index in [2.05, 4.69) is 0 Å². The summed E-state index contributed by atoms with van der Waals surface area (Å²) in [6, 6.07) is 0. The molecule has 1 saturated heterocycles. The van der Waals surface area contributed by atoms with Crippen LogP contribution in [0.3, 0.4) is 0 Å². The second-order valence-electron chi connectivity index (χ2n) is 5.98. The molecule has 2 aliphatic rings. The number of hydrogen-bond donors (Lipinski definition) is 2. The van der Waals surface area contributed by atoms with Gasteiger partial charge in [-0.3, -0.25) is 0 Å². The largest absolute Gasteiger partial charge is 0.391 e. The zero-order valence-electron chi connectivity index (χ0n) is 10.3. The summed E-state index contributed by atoms with van der Waals surface area (Å²) in [4.78, 5) is 0. The summed E-state index contributed by atoms with van der Waals surface area (Å²) in [5.74, 6) is 0. The zero-order valence-corrected chi connectivity index (χ0v) is 10.3. The van der Waals surface area contributed by atoms with Gasteiger partial charge in [0.2, 0.25) is 0 Å². The normalized spacial score (nSPS) is 25.4. The molecule has 3 nitrogen and oxygen atoms in total. The molecular formula is C12H25NO2. The molecule has 15 heavy (non-hydrogen) atoms. The standard InChI is InChI=1S/C8H15NO.C4H10O/c10-9-6-4-8(5-7-9)2-1-3-8;1-4(2,3)5/h10H,1-7H2;5H,1-3H3. The van der Waals surface area contributed by atoms with E-state index in [9.17, 15) is 0 Å². The van der Waals surface area contributed by atoms with Crippen molar-refractivity contribution in [3.8, 4) is 0 Å². The maximum Gasteiger partial charge on any atom is 0.0563 e. The fraction of sp³-hybridized carbons (Fsp3) is 1.00. The summed E-state index contributed by atoms with van der Waals surface area (Å²) in [5.41, 5.74) is 0.180. The molecule has 2 fully saturated rings. The van der Waals surface area contributed by atoms with Crippen LogP contribution in [0.4, 0.5) is 0 Å². The molecule has 2 N–H and O–H groups in total. The van der Waals surface area contributed by atoms with Gasteiger partial charge in [-0.25, -0.2) is 0 Å². The maximum absolute atomic E-state index is 9.09. The molecule has 0 atom stereocenters. The van der Waals surface area contributed by atoms with Gasteiger partial charge in [-0.1, -0.05) is 6.42 Å². The van der Waals surface area contributed by atoms with Crippen LogP contribution in [0.15, 0.2) is 0 Å². The molecule has 1 aliphatic heterocycles. The molecule has 2 rings (SSSR count). The molecule has 1 heterocycles. The van der Waals surface area contributed by atoms with Crippen LogP contribution < -0.4 is 0 Å². The third kappa shape index (κ3) is 4.96. The van der Waals surface area contributed by atoms with E-state index in [1.54, 1.807) is 20.8 Å². The van der Waals surface area contributed by atoms with Crippen molar-refractivity contribution in [3.63, 3.8) is 0 Å². The van der Waals surface area contributed by atoms with E-state index in [4.69, 9.17) is 10.3 Å². The van der Waals surface area contributed by atoms with E-state index >= 15 is 0 Å². The summed E-state index contributed by atoms with van der Waals surface area (Å²) in [5, 5.41) is 19.1. The van der Waals surface area contributed by atoms with Gasteiger partial charge in [0.15, 0.2) is 0 Å². The van der Waals surface area contributed by atoms with Crippen LogP contribution in [0, 0.1) is 5.41 Å². The maximum atomic E-state index is 9.09. The SMILES string of the molecule is CC(C)(C)O.ON1CCC2(CCC2)CC1. The van der Waals surface area contributed by atoms with Gasteiger partial charge in [-0.15, -0.1) is 0 Å². The van der Waals surface area contributed by atoms with Gasteiger partial charge in [-0.05, 0) is 51.9 Å². The highest BCUT2D eigenvalue weighted by Gasteiger charge is 2.39. The number of rotatable bonds is 0. The van der Waals surface area contributed by atoms with E-state index in [0.717, 1.165) is 13.1 Å². The minimum Gasteiger partial charge on any atom is -0.391 e. The van der Waals surface area contributed by atoms with Crippen molar-refractivity contribution < 1.29 is 10.3 Å². The van der Waals surface area contributed by atoms with Gasteiger partial charge in [0, 0.05) is 13.1 Å². The van der Waals surface area contributed by atoms with Crippen LogP contribution in [0.25, 0.3) is 0 Å². The molecule has 0 bridgehead atoms. The van der Waals surface area contributed by atoms with E-state index < -0.39 is 5.60 Å². The molecule has 3 heteroatoms. The highest BCUT2D eigenvalue weighted by molar-refractivity contribution is 4.90. The number of piperidine rings is 1. The van der Waals surface area contributed by atoms with Crippen molar-refractivity contribution in [1.82, 2.24) is 5.06 Å². The fourth-order valence-electron chi connectivity index (χ4n) is 2.15. The van der Waals surface area contributed by atoms with Crippen molar-refractivity contribution in [2.45, 2.75) is 58.5 Å². The van der Waals surface area contributed by atoms with Crippen molar-refractivity contribution in [3.05, 3.63) is 0 Å². The van der Waals surface area contributed by atoms with Gasteiger partial charge < -0.3 is 10.3 Å². The molecule has 0 aromatic heterocycles. The van der Waals surface area contributed by atoms with Crippen LogP contribution in [-0.2, 0) is 0 Å². The predicted octanol–water partition coefficient (Wildman–Crippen LogP) is 2.42. The first kappa shape index (κ1) is 12.9. The Hall–Kier alpha value is -0.120. The summed E-state index contributed by atoms with van der Waals surface area (Å²) in [6.07, 6.45) is 6.71. The summed E-state index contributed by atoms with van der Waals surface area (Å²) in [6.45, 7) is 7.03. The lowest BCUT2D eigenvalue weighted by atomic mass is 9.63. The highest BCUT2D eigenvalue weighted by Crippen LogP contribution is 2.48. The van der Waals surface area contributed by atoms with E-state index in [1.165, 1.54) is 37.2 Å². The molecule has 0 radical (unpaired) electrons. The van der Waals surface area contributed by atoms with Crippen LogP contribution in [-0.4, -0.2) is 34.1 Å². The summed E-state index contributed by atoms with van der Waals surface area (Å²) < 4.78 is 0. The monoisotopic (exact) mass is 215 g/mol. The second kappa shape index (κ2) is 4.81. The molecule has 90 valence electrons. The van der Waals surface area contributed by atoms with Crippen molar-refractivity contribution in [2.75, 3.05) is 13.1 Å². The summed E-state index contributed by atoms with van der Waals surface area (Å²) >= 11 is 0. The first-order valence-corrected chi connectivity index (χ1v) is 5.97. The first-order valence-electron chi connectivity index (χ1n) is 5.97. The Kier molecular flexibility index (Phi) is 4.15. The lowest BCUT2D eigenvalue weighted by Gasteiger charge is -2.46. The average molecular weight is 215 g/mol. The Bertz CT molecular complexity index is 178. The van der Waals surface area contributed by atoms with Gasteiger partial charge in [0.05, 0.1) is 5.60 Å². The van der Waals surface area contributed by atoms with Gasteiger partial charge in [0.1, 0.15) is 0 Å². The average Bonchev–Trinajstić information content (AvgIpc) is 2.00. The van der Waals surface area contributed by atoms with Gasteiger partial charge in [0.25, 0.3) is 0 Å². The van der Waals surface area contributed by atoms with Gasteiger partial charge >= 0.3 is 0 Å². The number of hydroxylamine groups is 2. The minimum absolute atomic E-state index is 0.500. The highest BCUT2D eigenvalue weighted by atomic mass is 16.5. The Balaban J connectivity index is 0.000000195. The van der Waals surface area contributed by atoms with Crippen LogP contribution in [0.5, 0.6) is 0 Å². The summed E-state index contributed by atoms with van der Waals surface area (Å²) in [7, 11) is 0. The van der Waals surface area contributed by atoms with Crippen LogP contribution >= 0.6 is 0 Å². The third-order valence-corrected chi connectivity index (χ3v) is 3.21. The molecule has 0 unspecified atom stereocenters.